The lowest BCUT2D eigenvalue weighted by Crippen LogP contribution is -2.47. The highest BCUT2D eigenvalue weighted by atomic mass is 35.5. The van der Waals surface area contributed by atoms with E-state index in [4.69, 9.17) is 11.6 Å². The van der Waals surface area contributed by atoms with Gasteiger partial charge in [0.1, 0.15) is 11.2 Å². The summed E-state index contributed by atoms with van der Waals surface area (Å²) in [6, 6.07) is 4.14. The third-order valence-corrected chi connectivity index (χ3v) is 3.83. The number of carbonyl (C=O) groups excluding carboxylic acids is 1. The van der Waals surface area contributed by atoms with Crippen molar-refractivity contribution in [2.75, 3.05) is 0 Å². The number of hydrogen-bond acceptors (Lipinski definition) is 2. The van der Waals surface area contributed by atoms with Gasteiger partial charge in [-0.25, -0.2) is 4.39 Å². The minimum atomic E-state index is -1.74. The second-order valence-electron chi connectivity index (χ2n) is 5.26. The molecular formula is C14H15ClFNO3. The average molecular weight is 300 g/mol. The molecule has 0 aromatic heterocycles. The Labute approximate surface area is 120 Å². The molecule has 0 aliphatic heterocycles. The van der Waals surface area contributed by atoms with E-state index in [9.17, 15) is 19.1 Å². The second kappa shape index (κ2) is 5.40. The molecule has 108 valence electrons. The highest BCUT2D eigenvalue weighted by Gasteiger charge is 2.44. The molecule has 1 aromatic carbocycles. The maximum Gasteiger partial charge on any atom is 0.319 e. The van der Waals surface area contributed by atoms with Gasteiger partial charge in [-0.3, -0.25) is 9.59 Å². The molecule has 1 atom stereocenters. The molecule has 0 radical (unpaired) electrons. The lowest BCUT2D eigenvalue weighted by molar-refractivity contribution is -0.154. The number of carbonyl (C=O) groups is 2. The zero-order valence-corrected chi connectivity index (χ0v) is 11.7. The topological polar surface area (TPSA) is 66.4 Å². The Kier molecular flexibility index (Phi) is 3.99. The molecule has 0 saturated heterocycles. The third kappa shape index (κ3) is 2.93. The van der Waals surface area contributed by atoms with Crippen LogP contribution in [0.25, 0.3) is 0 Å². The van der Waals surface area contributed by atoms with Crippen LogP contribution in [0.1, 0.15) is 25.3 Å². The van der Waals surface area contributed by atoms with Gasteiger partial charge in [-0.15, -0.1) is 0 Å². The van der Waals surface area contributed by atoms with Crippen molar-refractivity contribution in [3.63, 3.8) is 0 Å². The molecule has 1 saturated carbocycles. The van der Waals surface area contributed by atoms with Gasteiger partial charge in [0, 0.05) is 23.0 Å². The van der Waals surface area contributed by atoms with Crippen molar-refractivity contribution in [3.8, 4) is 0 Å². The van der Waals surface area contributed by atoms with E-state index >= 15 is 0 Å². The standard InChI is InChI=1S/C14H15ClFNO3/c1-14(13(19)20,12(18)17-8-5-6-8)7-9-10(15)3-2-4-11(9)16/h2-4,8H,5-7H2,1H3,(H,17,18)(H,19,20). The van der Waals surface area contributed by atoms with E-state index in [1.807, 2.05) is 0 Å². The van der Waals surface area contributed by atoms with Crippen LogP contribution in [-0.4, -0.2) is 23.0 Å². The Balaban J connectivity index is 2.28. The predicted octanol–water partition coefficient (Wildman–Crippen LogP) is 2.39. The fourth-order valence-corrected chi connectivity index (χ4v) is 2.11. The van der Waals surface area contributed by atoms with E-state index in [2.05, 4.69) is 5.32 Å². The molecule has 1 aliphatic carbocycles. The molecule has 1 aromatic rings. The van der Waals surface area contributed by atoms with Crippen LogP contribution in [0.15, 0.2) is 18.2 Å². The number of hydrogen-bond donors (Lipinski definition) is 2. The molecule has 1 amide bonds. The number of rotatable bonds is 5. The minimum Gasteiger partial charge on any atom is -0.480 e. The summed E-state index contributed by atoms with van der Waals surface area (Å²) in [6.45, 7) is 1.29. The molecule has 0 heterocycles. The maximum absolute atomic E-state index is 13.8. The number of amides is 1. The first-order chi connectivity index (χ1) is 9.34. The van der Waals surface area contributed by atoms with Crippen LogP contribution in [0, 0.1) is 11.2 Å². The number of carboxylic acid groups (broad SMARTS) is 1. The van der Waals surface area contributed by atoms with Gasteiger partial charge in [0.15, 0.2) is 0 Å². The molecule has 2 N–H and O–H groups in total. The average Bonchev–Trinajstić information content (AvgIpc) is 3.17. The number of carboxylic acids is 1. The Morgan fingerprint density at radius 2 is 2.15 bits per heavy atom. The zero-order chi connectivity index (χ0) is 14.9. The SMILES string of the molecule is CC(Cc1c(F)cccc1Cl)(C(=O)O)C(=O)NC1CC1. The molecule has 0 bridgehead atoms. The summed E-state index contributed by atoms with van der Waals surface area (Å²) >= 11 is 5.90. The molecule has 20 heavy (non-hydrogen) atoms. The molecule has 1 unspecified atom stereocenters. The van der Waals surface area contributed by atoms with Crippen LogP contribution in [0.3, 0.4) is 0 Å². The molecule has 0 spiro atoms. The smallest absolute Gasteiger partial charge is 0.319 e. The number of nitrogens with one attached hydrogen (secondary N) is 1. The van der Waals surface area contributed by atoms with E-state index in [0.29, 0.717) is 0 Å². The molecule has 2 rings (SSSR count). The van der Waals surface area contributed by atoms with Gasteiger partial charge in [0.2, 0.25) is 5.91 Å². The zero-order valence-electron chi connectivity index (χ0n) is 11.0. The second-order valence-corrected chi connectivity index (χ2v) is 5.67. The van der Waals surface area contributed by atoms with Crippen molar-refractivity contribution >= 4 is 23.5 Å². The lowest BCUT2D eigenvalue weighted by Gasteiger charge is -2.24. The van der Waals surface area contributed by atoms with Crippen molar-refractivity contribution in [1.82, 2.24) is 5.32 Å². The first-order valence-electron chi connectivity index (χ1n) is 6.32. The molecule has 1 fully saturated rings. The van der Waals surface area contributed by atoms with Crippen LogP contribution < -0.4 is 5.32 Å². The van der Waals surface area contributed by atoms with Gasteiger partial charge in [0.25, 0.3) is 0 Å². The summed E-state index contributed by atoms with van der Waals surface area (Å²) in [6.07, 6.45) is 1.41. The van der Waals surface area contributed by atoms with E-state index in [1.54, 1.807) is 0 Å². The minimum absolute atomic E-state index is 0.0391. The van der Waals surface area contributed by atoms with Gasteiger partial charge in [-0.2, -0.15) is 0 Å². The van der Waals surface area contributed by atoms with E-state index in [1.165, 1.54) is 25.1 Å². The van der Waals surface area contributed by atoms with Crippen molar-refractivity contribution in [2.45, 2.75) is 32.2 Å². The van der Waals surface area contributed by atoms with Crippen molar-refractivity contribution in [1.29, 1.82) is 0 Å². The summed E-state index contributed by atoms with van der Waals surface area (Å²) < 4.78 is 13.8. The van der Waals surface area contributed by atoms with Crippen LogP contribution in [-0.2, 0) is 16.0 Å². The molecule has 1 aliphatic rings. The third-order valence-electron chi connectivity index (χ3n) is 3.48. The van der Waals surface area contributed by atoms with Crippen LogP contribution in [0.2, 0.25) is 5.02 Å². The van der Waals surface area contributed by atoms with Gasteiger partial charge in [0.05, 0.1) is 0 Å². The number of aliphatic carboxylic acids is 1. The fourth-order valence-electron chi connectivity index (χ4n) is 1.88. The monoisotopic (exact) mass is 299 g/mol. The van der Waals surface area contributed by atoms with Gasteiger partial charge in [-0.1, -0.05) is 17.7 Å². The van der Waals surface area contributed by atoms with Crippen LogP contribution in [0.5, 0.6) is 0 Å². The van der Waals surface area contributed by atoms with Gasteiger partial charge < -0.3 is 10.4 Å². The highest BCUT2D eigenvalue weighted by molar-refractivity contribution is 6.31. The van der Waals surface area contributed by atoms with Crippen molar-refractivity contribution < 1.29 is 19.1 Å². The Bertz CT molecular complexity index is 539. The fraction of sp³-hybridized carbons (Fsp3) is 0.429. The Morgan fingerprint density at radius 1 is 1.50 bits per heavy atom. The quantitative estimate of drug-likeness (QED) is 0.820. The maximum atomic E-state index is 13.8. The summed E-state index contributed by atoms with van der Waals surface area (Å²) in [5, 5.41) is 12.1. The van der Waals surface area contributed by atoms with E-state index < -0.39 is 23.1 Å². The normalized spacial score (nSPS) is 17.4. The summed E-state index contributed by atoms with van der Waals surface area (Å²) in [4.78, 5) is 23.6. The lowest BCUT2D eigenvalue weighted by atomic mass is 9.82. The predicted molar refractivity (Wildman–Crippen MR) is 72.0 cm³/mol. The summed E-state index contributed by atoms with van der Waals surface area (Å²) in [7, 11) is 0. The van der Waals surface area contributed by atoms with Crippen molar-refractivity contribution in [2.24, 2.45) is 5.41 Å². The highest BCUT2D eigenvalue weighted by Crippen LogP contribution is 2.31. The van der Waals surface area contributed by atoms with Gasteiger partial charge in [-0.05, 0) is 31.9 Å². The first-order valence-corrected chi connectivity index (χ1v) is 6.69. The first kappa shape index (κ1) is 14.8. The Hall–Kier alpha value is -1.62. The van der Waals surface area contributed by atoms with Crippen molar-refractivity contribution in [3.05, 3.63) is 34.6 Å². The number of benzene rings is 1. The molecule has 6 heteroatoms. The van der Waals surface area contributed by atoms with E-state index in [0.717, 1.165) is 12.8 Å². The molecular weight excluding hydrogens is 285 g/mol. The largest absolute Gasteiger partial charge is 0.480 e. The van der Waals surface area contributed by atoms with Crippen LogP contribution in [0.4, 0.5) is 4.39 Å². The van der Waals surface area contributed by atoms with Gasteiger partial charge >= 0.3 is 5.97 Å². The molecule has 4 nitrogen and oxygen atoms in total. The Morgan fingerprint density at radius 3 is 2.65 bits per heavy atom. The number of halogens is 2. The van der Waals surface area contributed by atoms with Crippen LogP contribution >= 0.6 is 11.6 Å². The van der Waals surface area contributed by atoms with E-state index in [-0.39, 0.29) is 23.0 Å². The summed E-state index contributed by atoms with van der Waals surface area (Å²) in [5.41, 5.74) is -1.70. The summed E-state index contributed by atoms with van der Waals surface area (Å²) in [5.74, 6) is -2.51.